The van der Waals surface area contributed by atoms with Crippen LogP contribution >= 0.6 is 0 Å². The monoisotopic (exact) mass is 228 g/mol. The molecule has 1 aliphatic rings. The molecule has 0 aromatic heterocycles. The van der Waals surface area contributed by atoms with Crippen LogP contribution in [0.5, 0.6) is 0 Å². The molecule has 1 saturated heterocycles. The molecule has 1 unspecified atom stereocenters. The number of carbonyl (C=O) groups is 1. The number of carbonyl (C=O) groups excluding carboxylic acids is 1. The van der Waals surface area contributed by atoms with Crippen LogP contribution in [0.25, 0.3) is 0 Å². The number of hydrogen-bond acceptors (Lipinski definition) is 5. The largest absolute Gasteiger partial charge is 0.512 e. The summed E-state index contributed by atoms with van der Waals surface area (Å²) in [4.78, 5) is 15.0. The third-order valence-corrected chi connectivity index (χ3v) is 2.67. The van der Waals surface area contributed by atoms with Gasteiger partial charge >= 0.3 is 5.97 Å². The Hall–Kier alpha value is -1.07. The Morgan fingerprint density at radius 2 is 2.25 bits per heavy atom. The standard InChI is InChI=1S/C11H20N2O3/c1-9(14)6-13-5-4-12(3)7-11(13)8-16-10(2)15/h11,14H,1,4-8H2,2-3H3. The summed E-state index contributed by atoms with van der Waals surface area (Å²) >= 11 is 0. The minimum atomic E-state index is -0.268. The molecule has 0 aliphatic carbocycles. The van der Waals surface area contributed by atoms with Gasteiger partial charge in [-0.15, -0.1) is 0 Å². The van der Waals surface area contributed by atoms with Crippen molar-refractivity contribution >= 4 is 5.97 Å². The van der Waals surface area contributed by atoms with E-state index in [4.69, 9.17) is 4.74 Å². The summed E-state index contributed by atoms with van der Waals surface area (Å²) in [5.74, 6) is -0.117. The normalized spacial score (nSPS) is 23.0. The van der Waals surface area contributed by atoms with Gasteiger partial charge in [0.15, 0.2) is 0 Å². The predicted octanol–water partition coefficient (Wildman–Crippen LogP) is 0.237. The maximum atomic E-state index is 10.8. The van der Waals surface area contributed by atoms with Crippen molar-refractivity contribution in [2.75, 3.05) is 39.8 Å². The van der Waals surface area contributed by atoms with E-state index in [1.54, 1.807) is 0 Å². The number of aliphatic hydroxyl groups excluding tert-OH is 1. The lowest BCUT2D eigenvalue weighted by Crippen LogP contribution is -2.54. The van der Waals surface area contributed by atoms with E-state index in [0.29, 0.717) is 13.2 Å². The van der Waals surface area contributed by atoms with E-state index >= 15 is 0 Å². The number of rotatable bonds is 4. The lowest BCUT2D eigenvalue weighted by molar-refractivity contribution is -0.143. The summed E-state index contributed by atoms with van der Waals surface area (Å²) in [5, 5.41) is 9.21. The van der Waals surface area contributed by atoms with Crippen molar-refractivity contribution in [2.24, 2.45) is 0 Å². The maximum Gasteiger partial charge on any atom is 0.302 e. The van der Waals surface area contributed by atoms with Gasteiger partial charge in [0, 0.05) is 26.6 Å². The van der Waals surface area contributed by atoms with Crippen LogP contribution in [-0.2, 0) is 9.53 Å². The molecule has 5 nitrogen and oxygen atoms in total. The average Bonchev–Trinajstić information content (AvgIpc) is 2.17. The summed E-state index contributed by atoms with van der Waals surface area (Å²) in [6.45, 7) is 8.34. The fraction of sp³-hybridized carbons (Fsp3) is 0.727. The maximum absolute atomic E-state index is 10.8. The number of piperazine rings is 1. The number of nitrogens with zero attached hydrogens (tertiary/aromatic N) is 2. The SMILES string of the molecule is C=C(O)CN1CCN(C)CC1COC(C)=O. The molecule has 0 aromatic carbocycles. The quantitative estimate of drug-likeness (QED) is 0.551. The number of aliphatic hydroxyl groups is 1. The van der Waals surface area contributed by atoms with Crippen molar-refractivity contribution in [3.8, 4) is 0 Å². The molecular weight excluding hydrogens is 208 g/mol. The second kappa shape index (κ2) is 5.86. The van der Waals surface area contributed by atoms with Crippen molar-refractivity contribution in [2.45, 2.75) is 13.0 Å². The molecule has 5 heteroatoms. The Morgan fingerprint density at radius 3 is 2.81 bits per heavy atom. The van der Waals surface area contributed by atoms with Crippen LogP contribution in [0.3, 0.4) is 0 Å². The lowest BCUT2D eigenvalue weighted by Gasteiger charge is -2.39. The molecule has 1 fully saturated rings. The molecule has 0 bridgehead atoms. The summed E-state index contributed by atoms with van der Waals surface area (Å²) in [6, 6.07) is 0.131. The Labute approximate surface area is 96.3 Å². The van der Waals surface area contributed by atoms with Crippen LogP contribution < -0.4 is 0 Å². The molecule has 1 atom stereocenters. The van der Waals surface area contributed by atoms with Crippen molar-refractivity contribution in [3.05, 3.63) is 12.3 Å². The fourth-order valence-corrected chi connectivity index (χ4v) is 1.86. The highest BCUT2D eigenvalue weighted by Crippen LogP contribution is 2.10. The first-order valence-electron chi connectivity index (χ1n) is 5.41. The van der Waals surface area contributed by atoms with Gasteiger partial charge in [-0.1, -0.05) is 6.58 Å². The first-order valence-corrected chi connectivity index (χ1v) is 5.41. The smallest absolute Gasteiger partial charge is 0.302 e. The molecule has 1 N–H and O–H groups in total. The predicted molar refractivity (Wildman–Crippen MR) is 61.3 cm³/mol. The van der Waals surface area contributed by atoms with E-state index in [2.05, 4.69) is 16.4 Å². The summed E-state index contributed by atoms with van der Waals surface area (Å²) in [6.07, 6.45) is 0. The minimum absolute atomic E-state index is 0.131. The van der Waals surface area contributed by atoms with Gasteiger partial charge in [-0.05, 0) is 7.05 Å². The van der Waals surface area contributed by atoms with Crippen LogP contribution in [0.15, 0.2) is 12.3 Å². The number of likely N-dealkylation sites (N-methyl/N-ethyl adjacent to an activating group) is 1. The van der Waals surface area contributed by atoms with Gasteiger partial charge in [0.2, 0.25) is 0 Å². The van der Waals surface area contributed by atoms with Crippen molar-refractivity contribution in [1.29, 1.82) is 0 Å². The average molecular weight is 228 g/mol. The third-order valence-electron chi connectivity index (χ3n) is 2.67. The van der Waals surface area contributed by atoms with Crippen LogP contribution in [0.2, 0.25) is 0 Å². The van der Waals surface area contributed by atoms with Crippen molar-refractivity contribution < 1.29 is 14.6 Å². The summed E-state index contributed by atoms with van der Waals surface area (Å²) in [7, 11) is 2.03. The molecule has 1 aliphatic heterocycles. The third kappa shape index (κ3) is 4.20. The van der Waals surface area contributed by atoms with E-state index < -0.39 is 0 Å². The van der Waals surface area contributed by atoms with Gasteiger partial charge in [-0.2, -0.15) is 0 Å². The van der Waals surface area contributed by atoms with E-state index in [-0.39, 0.29) is 17.8 Å². The Balaban J connectivity index is 2.50. The zero-order chi connectivity index (χ0) is 12.1. The Kier molecular flexibility index (Phi) is 4.76. The van der Waals surface area contributed by atoms with Crippen molar-refractivity contribution in [1.82, 2.24) is 9.80 Å². The van der Waals surface area contributed by atoms with Gasteiger partial charge in [-0.25, -0.2) is 0 Å². The van der Waals surface area contributed by atoms with E-state index in [9.17, 15) is 9.90 Å². The molecule has 1 heterocycles. The van der Waals surface area contributed by atoms with Gasteiger partial charge < -0.3 is 14.7 Å². The molecule has 0 aromatic rings. The highest BCUT2D eigenvalue weighted by molar-refractivity contribution is 5.65. The van der Waals surface area contributed by atoms with Crippen molar-refractivity contribution in [3.63, 3.8) is 0 Å². The number of hydrogen-bond donors (Lipinski definition) is 1. The Bertz CT molecular complexity index is 268. The van der Waals surface area contributed by atoms with Crippen LogP contribution in [-0.4, -0.2) is 66.8 Å². The van der Waals surface area contributed by atoms with Gasteiger partial charge in [0.05, 0.1) is 18.3 Å². The highest BCUT2D eigenvalue weighted by atomic mass is 16.5. The first kappa shape index (κ1) is 13.0. The second-order valence-corrected chi connectivity index (χ2v) is 4.26. The molecule has 16 heavy (non-hydrogen) atoms. The number of esters is 1. The minimum Gasteiger partial charge on any atom is -0.512 e. The lowest BCUT2D eigenvalue weighted by atomic mass is 10.2. The summed E-state index contributed by atoms with van der Waals surface area (Å²) < 4.78 is 5.02. The zero-order valence-corrected chi connectivity index (χ0v) is 9.98. The fourth-order valence-electron chi connectivity index (χ4n) is 1.86. The topological polar surface area (TPSA) is 53.0 Å². The molecule has 0 amide bonds. The molecule has 0 saturated carbocycles. The molecule has 0 radical (unpaired) electrons. The van der Waals surface area contributed by atoms with Gasteiger partial charge in [-0.3, -0.25) is 9.69 Å². The van der Waals surface area contributed by atoms with E-state index in [0.717, 1.165) is 19.6 Å². The number of ether oxygens (including phenoxy) is 1. The van der Waals surface area contributed by atoms with Gasteiger partial charge in [0.25, 0.3) is 0 Å². The van der Waals surface area contributed by atoms with E-state index in [1.807, 2.05) is 7.05 Å². The highest BCUT2D eigenvalue weighted by Gasteiger charge is 2.26. The van der Waals surface area contributed by atoms with Crippen LogP contribution in [0.4, 0.5) is 0 Å². The van der Waals surface area contributed by atoms with Crippen LogP contribution in [0, 0.1) is 0 Å². The Morgan fingerprint density at radius 1 is 1.56 bits per heavy atom. The van der Waals surface area contributed by atoms with Gasteiger partial charge in [0.1, 0.15) is 6.61 Å². The van der Waals surface area contributed by atoms with E-state index in [1.165, 1.54) is 6.92 Å². The first-order chi connectivity index (χ1) is 7.49. The van der Waals surface area contributed by atoms with Crippen LogP contribution in [0.1, 0.15) is 6.92 Å². The second-order valence-electron chi connectivity index (χ2n) is 4.26. The molecule has 1 rings (SSSR count). The summed E-state index contributed by atoms with van der Waals surface area (Å²) in [5.41, 5.74) is 0. The molecule has 92 valence electrons. The molecular formula is C11H20N2O3. The zero-order valence-electron chi connectivity index (χ0n) is 9.98. The molecule has 0 spiro atoms.